The Morgan fingerprint density at radius 2 is 0.885 bits per heavy atom. The zero-order valence-corrected chi connectivity index (χ0v) is 36.6. The average molecular weight is 815 g/mol. The van der Waals surface area contributed by atoms with Crippen LogP contribution in [0.5, 0.6) is 0 Å². The van der Waals surface area contributed by atoms with Crippen molar-refractivity contribution in [2.45, 2.75) is 66.5 Å². The topological polar surface area (TPSA) is 0 Å². The van der Waals surface area contributed by atoms with Gasteiger partial charge in [0.25, 0.3) is 0 Å². The van der Waals surface area contributed by atoms with E-state index in [0.717, 1.165) is 0 Å². The van der Waals surface area contributed by atoms with Crippen LogP contribution in [0.3, 0.4) is 0 Å². The average Bonchev–Trinajstić information content (AvgIpc) is 3.78. The SMILES string of the molecule is C[Si](C)=[Zr]([Cl])[Cl].Cc1ccc2ccccc2c1-c1cccc2[cH-]c(C(C)C)cc12.Cc1ccc2ccccc2c1-c1cccc2[cH-]c(C(C)C)cc12. The van der Waals surface area contributed by atoms with Gasteiger partial charge in [0.2, 0.25) is 0 Å². The zero-order valence-electron chi connectivity index (χ0n) is 31.6. The van der Waals surface area contributed by atoms with Crippen LogP contribution in [0.15, 0.2) is 133 Å². The summed E-state index contributed by atoms with van der Waals surface area (Å²) in [6.45, 7) is 17.8. The fourth-order valence-electron chi connectivity index (χ4n) is 7.09. The quantitative estimate of drug-likeness (QED) is 0.123. The molecule has 8 aromatic carbocycles. The molecule has 264 valence electrons. The van der Waals surface area contributed by atoms with Gasteiger partial charge in [-0.05, 0) is 69.5 Å². The van der Waals surface area contributed by atoms with Gasteiger partial charge in [0, 0.05) is 0 Å². The van der Waals surface area contributed by atoms with E-state index < -0.39 is 18.0 Å². The van der Waals surface area contributed by atoms with E-state index in [1.165, 1.54) is 87.6 Å². The molecule has 52 heavy (non-hydrogen) atoms. The molecule has 0 aromatic heterocycles. The van der Waals surface area contributed by atoms with E-state index in [1.807, 2.05) is 0 Å². The van der Waals surface area contributed by atoms with E-state index in [4.69, 9.17) is 17.0 Å². The fourth-order valence-corrected chi connectivity index (χ4v) is 7.09. The van der Waals surface area contributed by atoms with E-state index in [2.05, 4.69) is 188 Å². The molecule has 0 unspecified atom stereocenters. The van der Waals surface area contributed by atoms with E-state index >= 15 is 0 Å². The number of benzene rings is 6. The van der Waals surface area contributed by atoms with Gasteiger partial charge in [-0.15, -0.1) is 69.1 Å². The summed E-state index contributed by atoms with van der Waals surface area (Å²) in [5.74, 6) is 1.12. The molecule has 0 aliphatic heterocycles. The molecule has 0 saturated carbocycles. The second-order valence-corrected chi connectivity index (χ2v) is 37.7. The molecule has 0 atom stereocenters. The Hall–Kier alpha value is -3.26. The number of aryl methyl sites for hydroxylation is 2. The molecule has 0 spiro atoms. The van der Waals surface area contributed by atoms with E-state index in [0.29, 0.717) is 11.8 Å². The van der Waals surface area contributed by atoms with Gasteiger partial charge in [-0.2, -0.15) is 12.1 Å². The maximum Gasteiger partial charge on any atom is -0.0111 e. The summed E-state index contributed by atoms with van der Waals surface area (Å²) in [5.41, 5.74) is 10.7. The van der Waals surface area contributed by atoms with E-state index in [-0.39, 0.29) is 5.43 Å². The van der Waals surface area contributed by atoms with E-state index in [9.17, 15) is 0 Å². The number of fused-ring (bicyclic) bond motifs is 4. The summed E-state index contributed by atoms with van der Waals surface area (Å²) in [7, 11) is 11.2. The number of rotatable bonds is 4. The van der Waals surface area contributed by atoms with Crippen molar-refractivity contribution in [1.82, 2.24) is 0 Å². The molecule has 0 aliphatic rings. The third-order valence-corrected chi connectivity index (χ3v) is 29.8. The summed E-state index contributed by atoms with van der Waals surface area (Å²) in [6, 6.07) is 49.1. The van der Waals surface area contributed by atoms with Crippen molar-refractivity contribution in [1.29, 1.82) is 0 Å². The molecule has 0 aliphatic carbocycles. The first-order chi connectivity index (χ1) is 24.9. The molecule has 0 heterocycles. The minimum atomic E-state index is -1.65. The van der Waals surface area contributed by atoms with Crippen LogP contribution in [0.4, 0.5) is 0 Å². The molecule has 0 saturated heterocycles. The van der Waals surface area contributed by atoms with Crippen LogP contribution in [0.1, 0.15) is 61.8 Å². The van der Waals surface area contributed by atoms with E-state index in [1.54, 1.807) is 0 Å². The zero-order chi connectivity index (χ0) is 37.1. The standard InChI is InChI=1S/2C23H21.C2H6Si.2ClH.Zr/c2*1-15(2)19-13-18-8-6-10-21(22(18)14-19)23-16(3)11-12-17-7-4-5-9-20(17)23;1-3-2;;;/h2*4-15H,1-3H3;1-2H3;2*1H;/q2*-1;;;;+2/p-2. The molecular formula is C48H48Cl2SiZr-2. The third kappa shape index (κ3) is 8.27. The molecule has 0 N–H and O–H groups in total. The van der Waals surface area contributed by atoms with Crippen LogP contribution in [-0.2, 0) is 18.0 Å². The van der Waals surface area contributed by atoms with Gasteiger partial charge < -0.3 is 0 Å². The summed E-state index contributed by atoms with van der Waals surface area (Å²) >= 11 is -1.65. The number of hydrogen-bond donors (Lipinski definition) is 0. The van der Waals surface area contributed by atoms with Crippen LogP contribution >= 0.6 is 17.0 Å². The second-order valence-electron chi connectivity index (χ2n) is 14.7. The minimum Gasteiger partial charge on any atom is -0.164 e. The van der Waals surface area contributed by atoms with Crippen LogP contribution < -0.4 is 0 Å². The predicted octanol–water partition coefficient (Wildman–Crippen LogP) is 15.8. The Kier molecular flexibility index (Phi) is 12.4. The molecule has 0 bridgehead atoms. The van der Waals surface area contributed by atoms with Crippen LogP contribution in [0, 0.1) is 13.8 Å². The van der Waals surface area contributed by atoms with Gasteiger partial charge in [-0.3, -0.25) is 0 Å². The van der Waals surface area contributed by atoms with Gasteiger partial charge in [0.15, 0.2) is 0 Å². The number of halogens is 2. The number of hydrogen-bond acceptors (Lipinski definition) is 0. The Morgan fingerprint density at radius 1 is 0.500 bits per heavy atom. The Morgan fingerprint density at radius 3 is 1.25 bits per heavy atom. The predicted molar refractivity (Wildman–Crippen MR) is 232 cm³/mol. The normalized spacial score (nSPS) is 11.2. The third-order valence-electron chi connectivity index (χ3n) is 10.1. The van der Waals surface area contributed by atoms with Crippen molar-refractivity contribution in [2.24, 2.45) is 0 Å². The van der Waals surface area contributed by atoms with Crippen LogP contribution in [-0.4, -0.2) is 5.43 Å². The van der Waals surface area contributed by atoms with Crippen molar-refractivity contribution in [3.05, 3.63) is 156 Å². The van der Waals surface area contributed by atoms with Crippen LogP contribution in [0.2, 0.25) is 13.1 Å². The van der Waals surface area contributed by atoms with Gasteiger partial charge >= 0.3 is 53.5 Å². The van der Waals surface area contributed by atoms with Gasteiger partial charge in [-0.25, -0.2) is 0 Å². The first kappa shape index (κ1) is 38.5. The minimum absolute atomic E-state index is 0.224. The first-order valence-corrected chi connectivity index (χ1v) is 30.8. The largest absolute Gasteiger partial charge is 0.164 e. The van der Waals surface area contributed by atoms with Crippen molar-refractivity contribution in [3.8, 4) is 22.3 Å². The van der Waals surface area contributed by atoms with Crippen molar-refractivity contribution in [2.75, 3.05) is 0 Å². The summed E-state index contributed by atoms with van der Waals surface area (Å²) < 4.78 is 0. The molecular weight excluding hydrogens is 767 g/mol. The fraction of sp³-hybridized carbons (Fsp3) is 0.208. The van der Waals surface area contributed by atoms with Crippen molar-refractivity contribution in [3.63, 3.8) is 0 Å². The molecule has 0 nitrogen and oxygen atoms in total. The van der Waals surface area contributed by atoms with Crippen molar-refractivity contribution < 1.29 is 18.0 Å². The Bertz CT molecular complexity index is 2360. The molecule has 0 radical (unpaired) electrons. The smallest absolute Gasteiger partial charge is 0.0111 e. The second kappa shape index (κ2) is 16.8. The molecule has 0 fully saturated rings. The maximum absolute atomic E-state index is 5.62. The maximum atomic E-state index is 5.62. The Balaban J connectivity index is 0.000000155. The molecule has 8 rings (SSSR count). The van der Waals surface area contributed by atoms with Crippen molar-refractivity contribution >= 4 is 65.5 Å². The van der Waals surface area contributed by atoms with Gasteiger partial charge in [0.05, 0.1) is 0 Å². The summed E-state index contributed by atoms with van der Waals surface area (Å²) in [6.07, 6.45) is 0. The van der Waals surface area contributed by atoms with Crippen LogP contribution in [0.25, 0.3) is 65.3 Å². The summed E-state index contributed by atoms with van der Waals surface area (Å²) in [5, 5.41) is 10.7. The Labute approximate surface area is 325 Å². The van der Waals surface area contributed by atoms with Gasteiger partial charge in [-0.1, -0.05) is 124 Å². The molecule has 8 aromatic rings. The monoisotopic (exact) mass is 812 g/mol. The van der Waals surface area contributed by atoms with Gasteiger partial charge in [0.1, 0.15) is 0 Å². The first-order valence-electron chi connectivity index (χ1n) is 18.3. The summed E-state index contributed by atoms with van der Waals surface area (Å²) in [4.78, 5) is 0. The molecule has 4 heteroatoms. The molecule has 0 amide bonds.